The molecule has 2 atom stereocenters. The van der Waals surface area contributed by atoms with Crippen LogP contribution in [-0.4, -0.2) is 24.1 Å². The summed E-state index contributed by atoms with van der Waals surface area (Å²) in [5.41, 5.74) is 0.936. The highest BCUT2D eigenvalue weighted by atomic mass is 35.5. The molecule has 0 aromatic carbocycles. The third kappa shape index (κ3) is 2.62. The second-order valence-electron chi connectivity index (χ2n) is 5.02. The molecule has 2 unspecified atom stereocenters. The summed E-state index contributed by atoms with van der Waals surface area (Å²) in [4.78, 5) is 7.18. The minimum Gasteiger partial charge on any atom is -0.351 e. The molecular formula is C14H22ClN3. The average molecular weight is 268 g/mol. The molecule has 18 heavy (non-hydrogen) atoms. The van der Waals surface area contributed by atoms with E-state index >= 15 is 0 Å². The number of hydrogen-bond acceptors (Lipinski definition) is 3. The van der Waals surface area contributed by atoms with Gasteiger partial charge in [0.1, 0.15) is 5.82 Å². The zero-order valence-corrected chi connectivity index (χ0v) is 12.2. The predicted octanol–water partition coefficient (Wildman–Crippen LogP) is 3.22. The fourth-order valence-corrected chi connectivity index (χ4v) is 2.97. The lowest BCUT2D eigenvalue weighted by atomic mass is 10.1. The van der Waals surface area contributed by atoms with Crippen LogP contribution in [0.1, 0.15) is 38.8 Å². The number of hydrogen-bond donors (Lipinski definition) is 1. The lowest BCUT2D eigenvalue weighted by molar-refractivity contribution is 0.619. The summed E-state index contributed by atoms with van der Waals surface area (Å²) in [5.74, 6) is 1.07. The molecule has 0 bridgehead atoms. The standard InChI is InChI=1S/C14H22ClN3/c1-4-11-6-5-10(2)18(11)14-8-7-12(15)13(17-14)9-16-3/h7-8,10-11,16H,4-6,9H2,1-3H3. The van der Waals surface area contributed by atoms with E-state index in [2.05, 4.69) is 24.1 Å². The highest BCUT2D eigenvalue weighted by Gasteiger charge is 2.30. The molecule has 1 aliphatic heterocycles. The smallest absolute Gasteiger partial charge is 0.129 e. The van der Waals surface area contributed by atoms with Crippen molar-refractivity contribution in [3.05, 3.63) is 22.8 Å². The van der Waals surface area contributed by atoms with Crippen molar-refractivity contribution < 1.29 is 0 Å². The third-order valence-electron chi connectivity index (χ3n) is 3.77. The molecule has 1 aromatic rings. The van der Waals surface area contributed by atoms with E-state index in [1.807, 2.05) is 19.2 Å². The van der Waals surface area contributed by atoms with E-state index in [4.69, 9.17) is 16.6 Å². The van der Waals surface area contributed by atoms with Crippen LogP contribution in [0, 0.1) is 0 Å². The highest BCUT2D eigenvalue weighted by molar-refractivity contribution is 6.31. The van der Waals surface area contributed by atoms with E-state index in [-0.39, 0.29) is 0 Å². The third-order valence-corrected chi connectivity index (χ3v) is 4.11. The van der Waals surface area contributed by atoms with Crippen LogP contribution >= 0.6 is 11.6 Å². The molecule has 1 saturated heterocycles. The number of nitrogens with zero attached hydrogens (tertiary/aromatic N) is 2. The molecule has 1 fully saturated rings. The van der Waals surface area contributed by atoms with Crippen LogP contribution in [0.15, 0.2) is 12.1 Å². The summed E-state index contributed by atoms with van der Waals surface area (Å²) in [5, 5.41) is 3.86. The quantitative estimate of drug-likeness (QED) is 0.908. The second-order valence-corrected chi connectivity index (χ2v) is 5.43. The Labute approximate surface area is 115 Å². The Balaban J connectivity index is 2.29. The first-order valence-corrected chi connectivity index (χ1v) is 7.13. The van der Waals surface area contributed by atoms with Gasteiger partial charge in [0.25, 0.3) is 0 Å². The van der Waals surface area contributed by atoms with E-state index in [1.54, 1.807) is 0 Å². The molecule has 0 amide bonds. The minimum atomic E-state index is 0.575. The lowest BCUT2D eigenvalue weighted by Gasteiger charge is -2.29. The Hall–Kier alpha value is -0.800. The van der Waals surface area contributed by atoms with E-state index in [9.17, 15) is 0 Å². The van der Waals surface area contributed by atoms with Gasteiger partial charge in [-0.1, -0.05) is 18.5 Å². The summed E-state index contributed by atoms with van der Waals surface area (Å²) in [6.07, 6.45) is 3.70. The van der Waals surface area contributed by atoms with Crippen molar-refractivity contribution >= 4 is 17.4 Å². The zero-order valence-electron chi connectivity index (χ0n) is 11.4. The molecule has 2 rings (SSSR count). The molecule has 1 aliphatic rings. The van der Waals surface area contributed by atoms with Gasteiger partial charge in [-0.25, -0.2) is 4.98 Å². The Kier molecular flexibility index (Phi) is 4.46. The number of nitrogens with one attached hydrogen (secondary N) is 1. The minimum absolute atomic E-state index is 0.575. The van der Waals surface area contributed by atoms with Crippen LogP contribution in [0.5, 0.6) is 0 Å². The van der Waals surface area contributed by atoms with E-state index < -0.39 is 0 Å². The second kappa shape index (κ2) is 5.89. The molecule has 1 aromatic heterocycles. The van der Waals surface area contributed by atoms with Crippen molar-refractivity contribution in [1.82, 2.24) is 10.3 Å². The van der Waals surface area contributed by atoms with Crippen LogP contribution in [0.25, 0.3) is 0 Å². The summed E-state index contributed by atoms with van der Waals surface area (Å²) in [6.45, 7) is 5.25. The zero-order chi connectivity index (χ0) is 13.1. The summed E-state index contributed by atoms with van der Waals surface area (Å²) in [7, 11) is 1.91. The first kappa shape index (κ1) is 13.6. The van der Waals surface area contributed by atoms with Gasteiger partial charge in [-0.2, -0.15) is 0 Å². The SMILES string of the molecule is CCC1CCC(C)N1c1ccc(Cl)c(CNC)n1. The molecule has 0 saturated carbocycles. The largest absolute Gasteiger partial charge is 0.351 e. The summed E-state index contributed by atoms with van der Waals surface area (Å²) in [6, 6.07) is 5.21. The van der Waals surface area contributed by atoms with Crippen molar-refractivity contribution in [2.45, 2.75) is 51.7 Å². The van der Waals surface area contributed by atoms with Gasteiger partial charge in [0.15, 0.2) is 0 Å². The van der Waals surface area contributed by atoms with E-state index in [1.165, 1.54) is 19.3 Å². The van der Waals surface area contributed by atoms with Crippen molar-refractivity contribution in [2.75, 3.05) is 11.9 Å². The topological polar surface area (TPSA) is 28.2 Å². The number of pyridine rings is 1. The van der Waals surface area contributed by atoms with E-state index in [0.717, 1.165) is 16.5 Å². The number of anilines is 1. The van der Waals surface area contributed by atoms with Crippen molar-refractivity contribution in [3.63, 3.8) is 0 Å². The number of halogens is 1. The average Bonchev–Trinajstić information content (AvgIpc) is 2.74. The lowest BCUT2D eigenvalue weighted by Crippen LogP contribution is -2.35. The molecule has 2 heterocycles. The monoisotopic (exact) mass is 267 g/mol. The number of aromatic nitrogens is 1. The summed E-state index contributed by atoms with van der Waals surface area (Å²) >= 11 is 6.17. The first-order valence-electron chi connectivity index (χ1n) is 6.75. The predicted molar refractivity (Wildman–Crippen MR) is 77.3 cm³/mol. The molecule has 3 nitrogen and oxygen atoms in total. The van der Waals surface area contributed by atoms with Crippen LogP contribution in [0.4, 0.5) is 5.82 Å². The van der Waals surface area contributed by atoms with Gasteiger partial charge in [0.2, 0.25) is 0 Å². The van der Waals surface area contributed by atoms with E-state index in [0.29, 0.717) is 18.6 Å². The molecular weight excluding hydrogens is 246 g/mol. The fourth-order valence-electron chi connectivity index (χ4n) is 2.79. The van der Waals surface area contributed by atoms with Gasteiger partial charge in [0, 0.05) is 18.6 Å². The van der Waals surface area contributed by atoms with Gasteiger partial charge in [0.05, 0.1) is 10.7 Å². The maximum absolute atomic E-state index is 6.17. The van der Waals surface area contributed by atoms with Crippen molar-refractivity contribution in [3.8, 4) is 0 Å². The van der Waals surface area contributed by atoms with Gasteiger partial charge >= 0.3 is 0 Å². The fraction of sp³-hybridized carbons (Fsp3) is 0.643. The highest BCUT2D eigenvalue weighted by Crippen LogP contribution is 2.31. The Morgan fingerprint density at radius 3 is 2.89 bits per heavy atom. The molecule has 4 heteroatoms. The van der Waals surface area contributed by atoms with Gasteiger partial charge < -0.3 is 10.2 Å². The van der Waals surface area contributed by atoms with Crippen LogP contribution in [0.3, 0.4) is 0 Å². The van der Waals surface area contributed by atoms with Crippen LogP contribution < -0.4 is 10.2 Å². The normalized spacial score (nSPS) is 23.7. The molecule has 0 spiro atoms. The van der Waals surface area contributed by atoms with Gasteiger partial charge in [-0.3, -0.25) is 0 Å². The first-order chi connectivity index (χ1) is 8.67. The maximum atomic E-state index is 6.17. The molecule has 1 N–H and O–H groups in total. The maximum Gasteiger partial charge on any atom is 0.129 e. The van der Waals surface area contributed by atoms with Gasteiger partial charge in [-0.15, -0.1) is 0 Å². The Morgan fingerprint density at radius 2 is 2.22 bits per heavy atom. The molecule has 100 valence electrons. The summed E-state index contributed by atoms with van der Waals surface area (Å²) < 4.78 is 0. The van der Waals surface area contributed by atoms with Crippen molar-refractivity contribution in [1.29, 1.82) is 0 Å². The molecule has 0 aliphatic carbocycles. The number of rotatable bonds is 4. The van der Waals surface area contributed by atoms with Crippen molar-refractivity contribution in [2.24, 2.45) is 0 Å². The van der Waals surface area contributed by atoms with Crippen LogP contribution in [-0.2, 0) is 6.54 Å². The van der Waals surface area contributed by atoms with Gasteiger partial charge in [-0.05, 0) is 45.4 Å². The Morgan fingerprint density at radius 1 is 1.44 bits per heavy atom. The van der Waals surface area contributed by atoms with Crippen LogP contribution in [0.2, 0.25) is 5.02 Å². The molecule has 0 radical (unpaired) electrons. The Bertz CT molecular complexity index is 408.